The van der Waals surface area contributed by atoms with Gasteiger partial charge in [0.25, 0.3) is 0 Å². The third-order valence-corrected chi connectivity index (χ3v) is 3.04. The number of aryl methyl sites for hydroxylation is 1. The molecule has 2 rings (SSSR count). The van der Waals surface area contributed by atoms with E-state index < -0.39 is 0 Å². The lowest BCUT2D eigenvalue weighted by molar-refractivity contribution is -0.114. The predicted octanol–water partition coefficient (Wildman–Crippen LogP) is 3.09. The van der Waals surface area contributed by atoms with Crippen LogP contribution in [0.15, 0.2) is 43.0 Å². The van der Waals surface area contributed by atoms with Crippen LogP contribution in [-0.4, -0.2) is 22.1 Å². The molecule has 1 N–H and O–H groups in total. The first-order chi connectivity index (χ1) is 10.2. The minimum atomic E-state index is -0.0772. The van der Waals surface area contributed by atoms with E-state index in [1.807, 2.05) is 36.8 Å². The topological polar surface area (TPSA) is 56.1 Å². The smallest absolute Gasteiger partial charge is 0.221 e. The Balaban J connectivity index is 1.63. The maximum absolute atomic E-state index is 11.0. The molecule has 0 radical (unpaired) electrons. The maximum atomic E-state index is 11.0. The van der Waals surface area contributed by atoms with Gasteiger partial charge in [0.05, 0.1) is 12.9 Å². The first-order valence-corrected chi connectivity index (χ1v) is 7.20. The molecule has 2 aromatic rings. The van der Waals surface area contributed by atoms with Crippen molar-refractivity contribution < 1.29 is 9.53 Å². The second-order valence-electron chi connectivity index (χ2n) is 4.92. The quantitative estimate of drug-likeness (QED) is 0.759. The van der Waals surface area contributed by atoms with Gasteiger partial charge in [0.15, 0.2) is 0 Å². The van der Waals surface area contributed by atoms with E-state index in [4.69, 9.17) is 4.74 Å². The zero-order chi connectivity index (χ0) is 14.9. The summed E-state index contributed by atoms with van der Waals surface area (Å²) in [6.07, 6.45) is 8.85. The molecule has 0 aliphatic rings. The van der Waals surface area contributed by atoms with Crippen LogP contribution >= 0.6 is 0 Å². The van der Waals surface area contributed by atoms with Gasteiger partial charge in [-0.3, -0.25) is 4.79 Å². The molecular formula is C16H21N3O2. The molecule has 0 aliphatic carbocycles. The lowest BCUT2D eigenvalue weighted by atomic mass is 10.2. The molecule has 5 nitrogen and oxygen atoms in total. The minimum absolute atomic E-state index is 0.0772. The Morgan fingerprint density at radius 3 is 3.00 bits per heavy atom. The van der Waals surface area contributed by atoms with Crippen LogP contribution < -0.4 is 10.1 Å². The van der Waals surface area contributed by atoms with Gasteiger partial charge in [-0.15, -0.1) is 0 Å². The van der Waals surface area contributed by atoms with Gasteiger partial charge in [0, 0.05) is 37.6 Å². The fraction of sp³-hybridized carbons (Fsp3) is 0.375. The van der Waals surface area contributed by atoms with Crippen molar-refractivity contribution in [3.05, 3.63) is 43.0 Å². The first kappa shape index (κ1) is 15.1. The van der Waals surface area contributed by atoms with Crippen LogP contribution in [0.5, 0.6) is 5.75 Å². The highest BCUT2D eigenvalue weighted by Gasteiger charge is 1.99. The molecule has 0 bridgehead atoms. The van der Waals surface area contributed by atoms with E-state index in [-0.39, 0.29) is 5.91 Å². The predicted molar refractivity (Wildman–Crippen MR) is 82.3 cm³/mol. The molecule has 5 heteroatoms. The van der Waals surface area contributed by atoms with Gasteiger partial charge in [-0.25, -0.2) is 4.98 Å². The van der Waals surface area contributed by atoms with Crippen molar-refractivity contribution in [1.29, 1.82) is 0 Å². The van der Waals surface area contributed by atoms with Crippen LogP contribution in [-0.2, 0) is 11.3 Å². The van der Waals surface area contributed by atoms with Crippen molar-refractivity contribution in [2.24, 2.45) is 0 Å². The fourth-order valence-corrected chi connectivity index (χ4v) is 2.05. The SMILES string of the molecule is CC(=O)Nc1cccc(OCCCCCn2ccnc2)c1. The molecule has 0 atom stereocenters. The highest BCUT2D eigenvalue weighted by atomic mass is 16.5. The summed E-state index contributed by atoms with van der Waals surface area (Å²) < 4.78 is 7.78. The number of carbonyl (C=O) groups excluding carboxylic acids is 1. The molecule has 0 fully saturated rings. The summed E-state index contributed by atoms with van der Waals surface area (Å²) in [5.74, 6) is 0.711. The van der Waals surface area contributed by atoms with Crippen LogP contribution in [0.4, 0.5) is 5.69 Å². The van der Waals surface area contributed by atoms with Crippen LogP contribution in [0.3, 0.4) is 0 Å². The van der Waals surface area contributed by atoms with Crippen LogP contribution in [0, 0.1) is 0 Å². The monoisotopic (exact) mass is 287 g/mol. The number of carbonyl (C=O) groups is 1. The summed E-state index contributed by atoms with van der Waals surface area (Å²) in [5.41, 5.74) is 0.764. The first-order valence-electron chi connectivity index (χ1n) is 7.20. The van der Waals surface area contributed by atoms with Crippen LogP contribution in [0.2, 0.25) is 0 Å². The molecule has 112 valence electrons. The number of aromatic nitrogens is 2. The van der Waals surface area contributed by atoms with Crippen LogP contribution in [0.1, 0.15) is 26.2 Å². The summed E-state index contributed by atoms with van der Waals surface area (Å²) >= 11 is 0. The zero-order valence-corrected chi connectivity index (χ0v) is 12.3. The summed E-state index contributed by atoms with van der Waals surface area (Å²) in [7, 11) is 0. The lowest BCUT2D eigenvalue weighted by Gasteiger charge is -2.08. The highest BCUT2D eigenvalue weighted by Crippen LogP contribution is 2.17. The van der Waals surface area contributed by atoms with Gasteiger partial charge >= 0.3 is 0 Å². The zero-order valence-electron chi connectivity index (χ0n) is 12.3. The van der Waals surface area contributed by atoms with E-state index in [1.54, 1.807) is 6.20 Å². The van der Waals surface area contributed by atoms with E-state index in [2.05, 4.69) is 14.9 Å². The maximum Gasteiger partial charge on any atom is 0.221 e. The van der Waals surface area contributed by atoms with Gasteiger partial charge in [-0.05, 0) is 31.4 Å². The minimum Gasteiger partial charge on any atom is -0.494 e. The standard InChI is InChI=1S/C16H21N3O2/c1-14(20)18-15-6-5-7-16(12-15)21-11-4-2-3-9-19-10-8-17-13-19/h5-8,10,12-13H,2-4,9,11H2,1H3,(H,18,20). The largest absolute Gasteiger partial charge is 0.494 e. The molecule has 0 aliphatic heterocycles. The number of nitrogens with zero attached hydrogens (tertiary/aromatic N) is 2. The fourth-order valence-electron chi connectivity index (χ4n) is 2.05. The molecule has 21 heavy (non-hydrogen) atoms. The molecule has 1 amide bonds. The third kappa shape index (κ3) is 5.69. The Morgan fingerprint density at radius 1 is 1.33 bits per heavy atom. The summed E-state index contributed by atoms with van der Waals surface area (Å²) in [6, 6.07) is 7.46. The van der Waals surface area contributed by atoms with Gasteiger partial charge in [-0.1, -0.05) is 6.07 Å². The summed E-state index contributed by atoms with van der Waals surface area (Å²) in [5, 5.41) is 2.74. The van der Waals surface area contributed by atoms with Gasteiger partial charge in [0.1, 0.15) is 5.75 Å². The summed E-state index contributed by atoms with van der Waals surface area (Å²) in [4.78, 5) is 15.0. The third-order valence-electron chi connectivity index (χ3n) is 3.04. The molecule has 0 saturated carbocycles. The second-order valence-corrected chi connectivity index (χ2v) is 4.92. The van der Waals surface area contributed by atoms with Crippen molar-refractivity contribution in [2.75, 3.05) is 11.9 Å². The normalized spacial score (nSPS) is 10.3. The van der Waals surface area contributed by atoms with E-state index in [1.165, 1.54) is 6.92 Å². The number of imidazole rings is 1. The second kappa shape index (κ2) is 8.09. The number of nitrogens with one attached hydrogen (secondary N) is 1. The Bertz CT molecular complexity index is 552. The van der Waals surface area contributed by atoms with Gasteiger partial charge < -0.3 is 14.6 Å². The molecule has 0 spiro atoms. The Hall–Kier alpha value is -2.30. The molecule has 1 aromatic carbocycles. The van der Waals surface area contributed by atoms with Crippen molar-refractivity contribution >= 4 is 11.6 Å². The van der Waals surface area contributed by atoms with Gasteiger partial charge in [-0.2, -0.15) is 0 Å². The number of hydrogen-bond donors (Lipinski definition) is 1. The lowest BCUT2D eigenvalue weighted by Crippen LogP contribution is -2.06. The van der Waals surface area contributed by atoms with E-state index in [0.717, 1.165) is 37.2 Å². The highest BCUT2D eigenvalue weighted by molar-refractivity contribution is 5.88. The number of ether oxygens (including phenoxy) is 1. The van der Waals surface area contributed by atoms with E-state index in [0.29, 0.717) is 6.61 Å². The summed E-state index contributed by atoms with van der Waals surface area (Å²) in [6.45, 7) is 3.18. The molecule has 1 aromatic heterocycles. The van der Waals surface area contributed by atoms with Gasteiger partial charge in [0.2, 0.25) is 5.91 Å². The average molecular weight is 287 g/mol. The molecule has 0 saturated heterocycles. The van der Waals surface area contributed by atoms with Crippen molar-refractivity contribution in [3.63, 3.8) is 0 Å². The Labute approximate surface area is 125 Å². The van der Waals surface area contributed by atoms with Crippen molar-refractivity contribution in [2.45, 2.75) is 32.7 Å². The van der Waals surface area contributed by atoms with E-state index in [9.17, 15) is 4.79 Å². The van der Waals surface area contributed by atoms with Crippen molar-refractivity contribution in [3.8, 4) is 5.75 Å². The molecular weight excluding hydrogens is 266 g/mol. The number of amides is 1. The Morgan fingerprint density at radius 2 is 2.24 bits per heavy atom. The number of anilines is 1. The Kier molecular flexibility index (Phi) is 5.82. The van der Waals surface area contributed by atoms with Crippen molar-refractivity contribution in [1.82, 2.24) is 9.55 Å². The number of benzene rings is 1. The average Bonchev–Trinajstić information content (AvgIpc) is 2.95. The number of hydrogen-bond acceptors (Lipinski definition) is 3. The van der Waals surface area contributed by atoms with E-state index >= 15 is 0 Å². The number of unbranched alkanes of at least 4 members (excludes halogenated alkanes) is 2. The molecule has 0 unspecified atom stereocenters. The van der Waals surface area contributed by atoms with Crippen LogP contribution in [0.25, 0.3) is 0 Å². The molecule has 1 heterocycles. The number of rotatable bonds is 8.